The molecule has 0 fully saturated rings. The molecule has 1 amide bonds. The molecule has 1 aromatic heterocycles. The molecule has 10 heteroatoms. The highest BCUT2D eigenvalue weighted by atomic mass is 32.2. The summed E-state index contributed by atoms with van der Waals surface area (Å²) in [6.45, 7) is 0. The summed E-state index contributed by atoms with van der Waals surface area (Å²) >= 11 is 0. The number of hydrogen-bond donors (Lipinski definition) is 3. The second kappa shape index (κ2) is 9.03. The fourth-order valence-corrected chi connectivity index (χ4v) is 5.38. The standard InChI is InChI=1S/C22H22F4N4OS/c1-30-11-19-16(21(30)22(31)28-15-9-17(24)20(26)18(25)10-15)7-6-14(29-32(19)27)8-12-2-4-13(23)5-3-12/h2-4,9-11,13-14H,5-8H2,1H3,(H2,27,29)(H,28,31). The zero-order chi connectivity index (χ0) is 23.0. The van der Waals surface area contributed by atoms with Crippen molar-refractivity contribution in [2.45, 2.75) is 42.8 Å². The van der Waals surface area contributed by atoms with Crippen LogP contribution in [-0.4, -0.2) is 22.7 Å². The average Bonchev–Trinajstić information content (AvgIpc) is 3.00. The van der Waals surface area contributed by atoms with E-state index in [2.05, 4.69) is 10.0 Å². The lowest BCUT2D eigenvalue weighted by molar-refractivity contribution is 0.101. The van der Waals surface area contributed by atoms with Crippen LogP contribution in [0.2, 0.25) is 0 Å². The molecular formula is C22H22F4N4OS. The van der Waals surface area contributed by atoms with Crippen molar-refractivity contribution in [1.29, 1.82) is 4.78 Å². The number of alkyl halides is 1. The van der Waals surface area contributed by atoms with Gasteiger partial charge in [-0.25, -0.2) is 22.3 Å². The van der Waals surface area contributed by atoms with Crippen LogP contribution in [0.5, 0.6) is 0 Å². The summed E-state index contributed by atoms with van der Waals surface area (Å²) in [5.41, 5.74) is 1.80. The van der Waals surface area contributed by atoms with Gasteiger partial charge in [-0.05, 0) is 35.7 Å². The van der Waals surface area contributed by atoms with E-state index in [0.717, 1.165) is 17.7 Å². The number of halogens is 4. The topological polar surface area (TPSA) is 69.9 Å². The van der Waals surface area contributed by atoms with E-state index in [-0.39, 0.29) is 17.4 Å². The van der Waals surface area contributed by atoms with Crippen molar-refractivity contribution in [1.82, 2.24) is 9.29 Å². The van der Waals surface area contributed by atoms with Crippen molar-refractivity contribution in [2.24, 2.45) is 7.05 Å². The highest BCUT2D eigenvalue weighted by Crippen LogP contribution is 2.29. The lowest BCUT2D eigenvalue weighted by atomic mass is 9.96. The van der Waals surface area contributed by atoms with Crippen molar-refractivity contribution in [2.75, 3.05) is 5.32 Å². The van der Waals surface area contributed by atoms with Crippen LogP contribution in [0.15, 0.2) is 47.0 Å². The number of nitrogens with zero attached hydrogens (tertiary/aromatic N) is 1. The van der Waals surface area contributed by atoms with E-state index in [4.69, 9.17) is 4.78 Å². The third-order valence-corrected chi connectivity index (χ3v) is 6.92. The first-order valence-corrected chi connectivity index (χ1v) is 11.3. The minimum atomic E-state index is -1.60. The van der Waals surface area contributed by atoms with E-state index in [1.165, 1.54) is 6.08 Å². The van der Waals surface area contributed by atoms with Crippen LogP contribution in [0, 0.1) is 22.2 Å². The van der Waals surface area contributed by atoms with Crippen LogP contribution < -0.4 is 10.0 Å². The maximum atomic E-state index is 13.5. The molecule has 2 heterocycles. The van der Waals surface area contributed by atoms with Crippen LogP contribution in [-0.2, 0) is 24.3 Å². The molecule has 1 aliphatic heterocycles. The lowest BCUT2D eigenvalue weighted by Crippen LogP contribution is -2.29. The molecule has 2 aromatic rings. The third-order valence-electron chi connectivity index (χ3n) is 5.56. The fourth-order valence-electron chi connectivity index (χ4n) is 4.01. The molecule has 170 valence electrons. The summed E-state index contributed by atoms with van der Waals surface area (Å²) in [5, 5.41) is 2.42. The molecule has 1 aliphatic carbocycles. The maximum Gasteiger partial charge on any atom is 0.272 e. The first-order valence-electron chi connectivity index (χ1n) is 10.1. The van der Waals surface area contributed by atoms with E-state index >= 15 is 0 Å². The van der Waals surface area contributed by atoms with Gasteiger partial charge < -0.3 is 9.88 Å². The van der Waals surface area contributed by atoms with E-state index in [9.17, 15) is 22.4 Å². The molecular weight excluding hydrogens is 444 g/mol. The summed E-state index contributed by atoms with van der Waals surface area (Å²) < 4.78 is 67.0. The van der Waals surface area contributed by atoms with Gasteiger partial charge in [0.15, 0.2) is 17.5 Å². The number of amides is 1. The monoisotopic (exact) mass is 466 g/mol. The van der Waals surface area contributed by atoms with Crippen molar-refractivity contribution >= 4 is 22.5 Å². The number of allylic oxidation sites excluding steroid dienone is 3. The van der Waals surface area contributed by atoms with Crippen molar-refractivity contribution in [3.63, 3.8) is 0 Å². The first-order chi connectivity index (χ1) is 15.2. The minimum absolute atomic E-state index is 0.0168. The van der Waals surface area contributed by atoms with E-state index < -0.39 is 40.4 Å². The van der Waals surface area contributed by atoms with Gasteiger partial charge in [-0.15, -0.1) is 0 Å². The Balaban J connectivity index is 1.54. The molecule has 0 radical (unpaired) electrons. The second-order valence-corrected chi connectivity index (χ2v) is 9.18. The van der Waals surface area contributed by atoms with Gasteiger partial charge in [-0.2, -0.15) is 0 Å². The molecule has 0 saturated heterocycles. The molecule has 32 heavy (non-hydrogen) atoms. The lowest BCUT2D eigenvalue weighted by Gasteiger charge is -2.19. The SMILES string of the molecule is Cn1cc2c(c1C(=O)Nc1cc(F)c(F)c(F)c1)CCC(CC1=CCC(F)C=C1)NS2=N. The Labute approximate surface area is 185 Å². The minimum Gasteiger partial charge on any atom is -0.345 e. The van der Waals surface area contributed by atoms with Crippen molar-refractivity contribution in [3.8, 4) is 0 Å². The highest BCUT2D eigenvalue weighted by Gasteiger charge is 2.27. The van der Waals surface area contributed by atoms with Gasteiger partial charge in [0.2, 0.25) is 0 Å². The largest absolute Gasteiger partial charge is 0.345 e. The molecule has 2 aliphatic rings. The Kier molecular flexibility index (Phi) is 6.34. The smallest absolute Gasteiger partial charge is 0.272 e. The number of hydrogen-bond acceptors (Lipinski definition) is 2. The van der Waals surface area contributed by atoms with Crippen LogP contribution in [0.25, 0.3) is 0 Å². The van der Waals surface area contributed by atoms with Gasteiger partial charge in [0.05, 0.1) is 4.90 Å². The molecule has 3 unspecified atom stereocenters. The van der Waals surface area contributed by atoms with Crippen LogP contribution in [0.1, 0.15) is 35.3 Å². The number of aromatic nitrogens is 1. The molecule has 0 bridgehead atoms. The molecule has 3 N–H and O–H groups in total. The summed E-state index contributed by atoms with van der Waals surface area (Å²) in [4.78, 5) is 13.6. The Bertz CT molecular complexity index is 1130. The predicted octanol–water partition coefficient (Wildman–Crippen LogP) is 4.87. The second-order valence-electron chi connectivity index (χ2n) is 7.89. The van der Waals surface area contributed by atoms with Crippen LogP contribution in [0.4, 0.5) is 23.2 Å². The average molecular weight is 467 g/mol. The van der Waals surface area contributed by atoms with Gasteiger partial charge in [-0.1, -0.05) is 23.8 Å². The zero-order valence-corrected chi connectivity index (χ0v) is 18.0. The van der Waals surface area contributed by atoms with E-state index in [1.54, 1.807) is 23.9 Å². The maximum absolute atomic E-state index is 13.5. The Hall–Kier alpha value is -2.72. The molecule has 1 aromatic carbocycles. The Morgan fingerprint density at radius 2 is 2.03 bits per heavy atom. The number of aryl methyl sites for hydroxylation is 1. The predicted molar refractivity (Wildman–Crippen MR) is 115 cm³/mol. The number of anilines is 1. The summed E-state index contributed by atoms with van der Waals surface area (Å²) in [5.74, 6) is -4.98. The number of benzene rings is 1. The molecule has 5 nitrogen and oxygen atoms in total. The Morgan fingerprint density at radius 1 is 1.31 bits per heavy atom. The van der Waals surface area contributed by atoms with Gasteiger partial charge in [0, 0.05) is 43.5 Å². The van der Waals surface area contributed by atoms with Gasteiger partial charge in [-0.3, -0.25) is 9.57 Å². The van der Waals surface area contributed by atoms with Crippen molar-refractivity contribution in [3.05, 3.63) is 70.8 Å². The summed E-state index contributed by atoms with van der Waals surface area (Å²) in [6, 6.07) is 1.42. The summed E-state index contributed by atoms with van der Waals surface area (Å²) in [7, 11) is 0.579. The molecule has 0 spiro atoms. The van der Waals surface area contributed by atoms with Gasteiger partial charge >= 0.3 is 0 Å². The molecule has 3 atom stereocenters. The van der Waals surface area contributed by atoms with E-state index in [0.29, 0.717) is 36.1 Å². The molecule has 0 saturated carbocycles. The Morgan fingerprint density at radius 3 is 2.69 bits per heavy atom. The normalized spacial score (nSPS) is 22.8. The third kappa shape index (κ3) is 4.56. The number of carbonyl (C=O) groups is 1. The number of rotatable bonds is 4. The van der Waals surface area contributed by atoms with Crippen molar-refractivity contribution < 1.29 is 22.4 Å². The quantitative estimate of drug-likeness (QED) is 0.445. The van der Waals surface area contributed by atoms with Gasteiger partial charge in [0.1, 0.15) is 11.9 Å². The van der Waals surface area contributed by atoms with Gasteiger partial charge in [0.25, 0.3) is 5.91 Å². The van der Waals surface area contributed by atoms with Crippen LogP contribution in [0.3, 0.4) is 0 Å². The fraction of sp³-hybridized carbons (Fsp3) is 0.318. The number of nitrogens with one attached hydrogen (secondary N) is 3. The summed E-state index contributed by atoms with van der Waals surface area (Å²) in [6.07, 6.45) is 8.10. The highest BCUT2D eigenvalue weighted by molar-refractivity contribution is 7.84. The number of carbonyl (C=O) groups excluding carboxylic acids is 1. The van der Waals surface area contributed by atoms with E-state index in [1.807, 2.05) is 6.08 Å². The van der Waals surface area contributed by atoms with Crippen LogP contribution >= 0.6 is 0 Å². The number of fused-ring (bicyclic) bond motifs is 1. The molecule has 4 rings (SSSR count). The zero-order valence-electron chi connectivity index (χ0n) is 17.2. The first kappa shape index (κ1) is 22.5.